The summed E-state index contributed by atoms with van der Waals surface area (Å²) in [7, 11) is 0. The zero-order valence-corrected chi connectivity index (χ0v) is 10.8. The summed E-state index contributed by atoms with van der Waals surface area (Å²) in [6, 6.07) is -0.930. The summed E-state index contributed by atoms with van der Waals surface area (Å²) in [5.74, 6) is -1.46. The van der Waals surface area contributed by atoms with E-state index in [-0.39, 0.29) is 30.5 Å². The first-order valence-corrected chi connectivity index (χ1v) is 6.16. The number of carbonyl (C=O) groups excluding carboxylic acids is 1. The maximum absolute atomic E-state index is 12.4. The number of urea groups is 1. The van der Waals surface area contributed by atoms with Crippen molar-refractivity contribution in [1.82, 2.24) is 9.80 Å². The van der Waals surface area contributed by atoms with Crippen LogP contribution in [0.2, 0.25) is 0 Å². The quantitative estimate of drug-likeness (QED) is 0.803. The number of piperidine rings is 1. The van der Waals surface area contributed by atoms with Gasteiger partial charge in [-0.2, -0.15) is 13.2 Å². The van der Waals surface area contributed by atoms with E-state index in [0.29, 0.717) is 12.8 Å². The second-order valence-corrected chi connectivity index (χ2v) is 4.76. The minimum absolute atomic E-state index is 0.0244. The summed E-state index contributed by atoms with van der Waals surface area (Å²) < 4.78 is 37.1. The van der Waals surface area contributed by atoms with E-state index in [2.05, 4.69) is 0 Å². The number of carboxylic acid groups (broad SMARTS) is 1. The fourth-order valence-corrected chi connectivity index (χ4v) is 2.08. The summed E-state index contributed by atoms with van der Waals surface area (Å²) in [6.45, 7) is -2.16. The van der Waals surface area contributed by atoms with Gasteiger partial charge in [0.2, 0.25) is 0 Å². The standard InChI is InChI=1S/C11H17F3N2O4/c12-11(13,14)7-16(5-9(18)19)10(20)15-3-1-8(6-17)2-4-15/h8,17H,1-7H2,(H,18,19). The molecule has 0 aromatic heterocycles. The van der Waals surface area contributed by atoms with Crippen LogP contribution in [0.3, 0.4) is 0 Å². The average molecular weight is 298 g/mol. The number of rotatable bonds is 4. The molecule has 0 atom stereocenters. The third-order valence-corrected chi connectivity index (χ3v) is 3.11. The molecule has 0 spiro atoms. The molecule has 0 aromatic rings. The Morgan fingerprint density at radius 3 is 2.20 bits per heavy atom. The molecule has 1 aliphatic heterocycles. The number of hydrogen-bond acceptors (Lipinski definition) is 3. The summed E-state index contributed by atoms with van der Waals surface area (Å²) in [4.78, 5) is 24.0. The predicted molar refractivity (Wildman–Crippen MR) is 62.0 cm³/mol. The summed E-state index contributed by atoms with van der Waals surface area (Å²) >= 11 is 0. The van der Waals surface area contributed by atoms with Gasteiger partial charge in [-0.15, -0.1) is 0 Å². The highest BCUT2D eigenvalue weighted by atomic mass is 19.4. The van der Waals surface area contributed by atoms with Gasteiger partial charge in [0.25, 0.3) is 0 Å². The molecular weight excluding hydrogens is 281 g/mol. The molecule has 0 bridgehead atoms. The molecule has 6 nitrogen and oxygen atoms in total. The highest BCUT2D eigenvalue weighted by Crippen LogP contribution is 2.20. The highest BCUT2D eigenvalue weighted by molar-refractivity contribution is 5.80. The maximum Gasteiger partial charge on any atom is 0.406 e. The van der Waals surface area contributed by atoms with E-state index in [0.717, 1.165) is 0 Å². The Hall–Kier alpha value is -1.51. The van der Waals surface area contributed by atoms with Gasteiger partial charge >= 0.3 is 18.2 Å². The lowest BCUT2D eigenvalue weighted by molar-refractivity contribution is -0.149. The normalized spacial score (nSPS) is 17.1. The number of aliphatic hydroxyl groups is 1. The number of nitrogens with zero attached hydrogens (tertiary/aromatic N) is 2. The predicted octanol–water partition coefficient (Wildman–Crippen LogP) is 0.760. The van der Waals surface area contributed by atoms with Crippen LogP contribution in [0, 0.1) is 5.92 Å². The Balaban J connectivity index is 2.65. The number of hydrogen-bond donors (Lipinski definition) is 2. The zero-order chi connectivity index (χ0) is 15.3. The van der Waals surface area contributed by atoms with Crippen molar-refractivity contribution < 1.29 is 33.0 Å². The third-order valence-electron chi connectivity index (χ3n) is 3.11. The van der Waals surface area contributed by atoms with Crippen molar-refractivity contribution >= 4 is 12.0 Å². The number of likely N-dealkylation sites (tertiary alicyclic amines) is 1. The summed E-state index contributed by atoms with van der Waals surface area (Å²) in [6.07, 6.45) is -3.65. The molecule has 1 heterocycles. The van der Waals surface area contributed by atoms with E-state index >= 15 is 0 Å². The molecule has 0 radical (unpaired) electrons. The molecule has 1 saturated heterocycles. The van der Waals surface area contributed by atoms with Crippen LogP contribution in [-0.4, -0.2) is 71.0 Å². The fraction of sp³-hybridized carbons (Fsp3) is 0.818. The maximum atomic E-state index is 12.4. The van der Waals surface area contributed by atoms with Gasteiger partial charge in [-0.3, -0.25) is 4.79 Å². The molecular formula is C11H17F3N2O4. The van der Waals surface area contributed by atoms with E-state index in [1.165, 1.54) is 4.90 Å². The first kappa shape index (κ1) is 16.5. The first-order chi connectivity index (χ1) is 9.23. The monoisotopic (exact) mass is 298 g/mol. The number of carbonyl (C=O) groups is 2. The number of alkyl halides is 3. The van der Waals surface area contributed by atoms with Gasteiger partial charge in [0.1, 0.15) is 13.1 Å². The second-order valence-electron chi connectivity index (χ2n) is 4.76. The number of halogens is 3. The number of carboxylic acids is 1. The molecule has 2 N–H and O–H groups in total. The Bertz CT molecular complexity index is 354. The molecule has 20 heavy (non-hydrogen) atoms. The lowest BCUT2D eigenvalue weighted by atomic mass is 9.98. The van der Waals surface area contributed by atoms with Gasteiger partial charge in [-0.25, -0.2) is 4.79 Å². The molecule has 1 aliphatic rings. The molecule has 9 heteroatoms. The van der Waals surface area contributed by atoms with Crippen LogP contribution in [0.1, 0.15) is 12.8 Å². The van der Waals surface area contributed by atoms with E-state index < -0.39 is 31.3 Å². The highest BCUT2D eigenvalue weighted by Gasteiger charge is 2.36. The van der Waals surface area contributed by atoms with Crippen molar-refractivity contribution in [2.45, 2.75) is 19.0 Å². The zero-order valence-electron chi connectivity index (χ0n) is 10.8. The van der Waals surface area contributed by atoms with Crippen molar-refractivity contribution in [3.63, 3.8) is 0 Å². The van der Waals surface area contributed by atoms with Crippen molar-refractivity contribution in [2.75, 3.05) is 32.8 Å². The van der Waals surface area contributed by atoms with E-state index in [1.54, 1.807) is 0 Å². The fourth-order valence-electron chi connectivity index (χ4n) is 2.08. The van der Waals surface area contributed by atoms with Crippen LogP contribution in [0.5, 0.6) is 0 Å². The Labute approximate surface area is 113 Å². The van der Waals surface area contributed by atoms with Gasteiger partial charge in [0.15, 0.2) is 0 Å². The van der Waals surface area contributed by atoms with Crippen molar-refractivity contribution in [2.24, 2.45) is 5.92 Å². The molecule has 0 unspecified atom stereocenters. The van der Waals surface area contributed by atoms with Crippen molar-refractivity contribution in [3.8, 4) is 0 Å². The van der Waals surface area contributed by atoms with Gasteiger partial charge in [0.05, 0.1) is 0 Å². The third kappa shape index (κ3) is 5.24. The molecule has 116 valence electrons. The lowest BCUT2D eigenvalue weighted by Gasteiger charge is -2.35. The lowest BCUT2D eigenvalue weighted by Crippen LogP contribution is -2.51. The minimum atomic E-state index is -4.64. The van der Waals surface area contributed by atoms with Gasteiger partial charge in [-0.05, 0) is 18.8 Å². The molecule has 1 rings (SSSR count). The van der Waals surface area contributed by atoms with Crippen LogP contribution in [-0.2, 0) is 4.79 Å². The van der Waals surface area contributed by atoms with Gasteiger partial charge < -0.3 is 20.0 Å². The second kappa shape index (κ2) is 6.78. The summed E-state index contributed by atoms with van der Waals surface area (Å²) in [5.41, 5.74) is 0. The van der Waals surface area contributed by atoms with E-state index in [4.69, 9.17) is 10.2 Å². The Kier molecular flexibility index (Phi) is 5.61. The van der Waals surface area contributed by atoms with Gasteiger partial charge in [0, 0.05) is 19.7 Å². The average Bonchev–Trinajstić information content (AvgIpc) is 2.35. The van der Waals surface area contributed by atoms with Crippen molar-refractivity contribution in [1.29, 1.82) is 0 Å². The van der Waals surface area contributed by atoms with Gasteiger partial charge in [-0.1, -0.05) is 0 Å². The topological polar surface area (TPSA) is 81.1 Å². The molecule has 0 saturated carbocycles. The van der Waals surface area contributed by atoms with E-state index in [9.17, 15) is 22.8 Å². The molecule has 1 fully saturated rings. The van der Waals surface area contributed by atoms with Crippen LogP contribution in [0.25, 0.3) is 0 Å². The van der Waals surface area contributed by atoms with Crippen molar-refractivity contribution in [3.05, 3.63) is 0 Å². The number of aliphatic carboxylic acids is 1. The van der Waals surface area contributed by atoms with Crippen LogP contribution < -0.4 is 0 Å². The van der Waals surface area contributed by atoms with Crippen LogP contribution in [0.4, 0.5) is 18.0 Å². The van der Waals surface area contributed by atoms with Crippen LogP contribution in [0.15, 0.2) is 0 Å². The largest absolute Gasteiger partial charge is 0.480 e. The van der Waals surface area contributed by atoms with E-state index in [1.807, 2.05) is 0 Å². The number of aliphatic hydroxyl groups excluding tert-OH is 1. The molecule has 2 amide bonds. The smallest absolute Gasteiger partial charge is 0.406 e. The first-order valence-electron chi connectivity index (χ1n) is 6.16. The Morgan fingerprint density at radius 1 is 1.25 bits per heavy atom. The minimum Gasteiger partial charge on any atom is -0.480 e. The molecule has 0 aliphatic carbocycles. The summed E-state index contributed by atoms with van der Waals surface area (Å²) in [5, 5.41) is 17.6. The Morgan fingerprint density at radius 2 is 1.80 bits per heavy atom. The molecule has 0 aromatic carbocycles. The van der Waals surface area contributed by atoms with Crippen LogP contribution >= 0.6 is 0 Å². The SMILES string of the molecule is O=C(O)CN(CC(F)(F)F)C(=O)N1CCC(CO)CC1. The number of amides is 2.